The molecule has 1 aliphatic heterocycles. The zero-order chi connectivity index (χ0) is 17.3. The van der Waals surface area contributed by atoms with E-state index in [0.29, 0.717) is 6.54 Å². The van der Waals surface area contributed by atoms with Crippen LogP contribution in [0.25, 0.3) is 0 Å². The van der Waals surface area contributed by atoms with E-state index in [4.69, 9.17) is 39.5 Å². The summed E-state index contributed by atoms with van der Waals surface area (Å²) in [6.45, 7) is 3.73. The van der Waals surface area contributed by atoms with Gasteiger partial charge >= 0.3 is 6.16 Å². The maximum Gasteiger partial charge on any atom is 0.508 e. The maximum absolute atomic E-state index is 11.1. The number of thiocarbonyl (C=S) groups is 1. The number of amides is 1. The first-order chi connectivity index (χ1) is 10.1. The lowest BCUT2D eigenvalue weighted by atomic mass is 9.96. The standard InChI is InChI=1S/C8H10Cl3NO4.C3H6S3/c1-4(5-2-12-6(5)13)16-7(14)15-3-8(9,10)11;1-2-6-3(4)5/h4-5H,2-3H2,1H3,(H,12,13);2H2,1H3,(H,4,5). The summed E-state index contributed by atoms with van der Waals surface area (Å²) >= 11 is 26.2. The van der Waals surface area contributed by atoms with Crippen molar-refractivity contribution < 1.29 is 19.1 Å². The highest BCUT2D eigenvalue weighted by molar-refractivity contribution is 8.41. The molecule has 0 saturated carbocycles. The molecule has 1 amide bonds. The van der Waals surface area contributed by atoms with Crippen molar-refractivity contribution in [3.05, 3.63) is 0 Å². The largest absolute Gasteiger partial charge is 0.508 e. The van der Waals surface area contributed by atoms with Gasteiger partial charge in [-0.3, -0.25) is 4.79 Å². The molecule has 22 heavy (non-hydrogen) atoms. The number of hydrogen-bond acceptors (Lipinski definition) is 6. The fraction of sp³-hybridized carbons (Fsp3) is 0.727. The summed E-state index contributed by atoms with van der Waals surface area (Å²) in [6.07, 6.45) is -1.52. The quantitative estimate of drug-likeness (QED) is 0.234. The molecule has 1 aliphatic rings. The van der Waals surface area contributed by atoms with Gasteiger partial charge in [-0.2, -0.15) is 0 Å². The molecule has 0 aliphatic carbocycles. The van der Waals surface area contributed by atoms with Crippen molar-refractivity contribution in [2.75, 3.05) is 18.9 Å². The van der Waals surface area contributed by atoms with Crippen molar-refractivity contribution in [1.82, 2.24) is 5.32 Å². The van der Waals surface area contributed by atoms with Crippen LogP contribution in [0.15, 0.2) is 0 Å². The molecule has 1 fully saturated rings. The van der Waals surface area contributed by atoms with Crippen molar-refractivity contribution in [1.29, 1.82) is 0 Å². The van der Waals surface area contributed by atoms with Gasteiger partial charge < -0.3 is 14.8 Å². The number of ether oxygens (including phenoxy) is 2. The van der Waals surface area contributed by atoms with Gasteiger partial charge in [0.1, 0.15) is 16.2 Å². The van der Waals surface area contributed by atoms with E-state index in [1.54, 1.807) is 18.7 Å². The summed E-state index contributed by atoms with van der Waals surface area (Å²) in [5.74, 6) is 0.546. The normalized spacial score (nSPS) is 18.1. The minimum Gasteiger partial charge on any atom is -0.430 e. The smallest absolute Gasteiger partial charge is 0.430 e. The van der Waals surface area contributed by atoms with E-state index in [0.717, 1.165) is 9.28 Å². The van der Waals surface area contributed by atoms with Crippen LogP contribution in [0.4, 0.5) is 4.79 Å². The molecule has 0 aromatic heterocycles. The van der Waals surface area contributed by atoms with Gasteiger partial charge in [-0.05, 0) is 12.7 Å². The first kappa shape index (κ1) is 22.4. The van der Waals surface area contributed by atoms with Gasteiger partial charge in [0.25, 0.3) is 0 Å². The second-order valence-electron chi connectivity index (χ2n) is 4.03. The van der Waals surface area contributed by atoms with Crippen molar-refractivity contribution in [2.45, 2.75) is 23.7 Å². The predicted molar refractivity (Wildman–Crippen MR) is 98.4 cm³/mol. The van der Waals surface area contributed by atoms with Crippen LogP contribution >= 0.6 is 71.4 Å². The fourth-order valence-corrected chi connectivity index (χ4v) is 2.37. The maximum atomic E-state index is 11.1. The Hall–Kier alpha value is 0.400. The highest BCUT2D eigenvalue weighted by Crippen LogP contribution is 2.26. The summed E-state index contributed by atoms with van der Waals surface area (Å²) in [5.41, 5.74) is 0. The lowest BCUT2D eigenvalue weighted by Gasteiger charge is -2.30. The Kier molecular flexibility index (Phi) is 11.2. The van der Waals surface area contributed by atoms with Gasteiger partial charge in [-0.25, -0.2) is 4.79 Å². The number of thioether (sulfide) groups is 1. The van der Waals surface area contributed by atoms with Crippen LogP contribution in [-0.2, 0) is 14.3 Å². The average Bonchev–Trinajstić information content (AvgIpc) is 2.34. The second-order valence-corrected chi connectivity index (χ2v) is 9.54. The minimum atomic E-state index is -1.67. The molecule has 1 saturated heterocycles. The topological polar surface area (TPSA) is 64.6 Å². The van der Waals surface area contributed by atoms with Gasteiger partial charge in [0.05, 0.1) is 5.92 Å². The van der Waals surface area contributed by atoms with E-state index in [1.165, 1.54) is 0 Å². The minimum absolute atomic E-state index is 0.151. The Balaban J connectivity index is 0.000000626. The van der Waals surface area contributed by atoms with Crippen LogP contribution < -0.4 is 5.32 Å². The number of rotatable bonds is 4. The number of carbonyl (C=O) groups is 2. The molecule has 1 rings (SSSR count). The third-order valence-electron chi connectivity index (χ3n) is 2.30. The van der Waals surface area contributed by atoms with E-state index < -0.39 is 22.7 Å². The molecule has 1 N–H and O–H groups in total. The highest BCUT2D eigenvalue weighted by Gasteiger charge is 2.35. The zero-order valence-electron chi connectivity index (χ0n) is 11.8. The first-order valence-corrected chi connectivity index (χ1v) is 9.08. The molecule has 0 radical (unpaired) electrons. The SMILES string of the molecule is CC(OC(=O)OCC(Cl)(Cl)Cl)C1CNC1=O.CCSC(=S)S. The third kappa shape index (κ3) is 11.0. The third-order valence-corrected chi connectivity index (χ3v) is 3.91. The zero-order valence-corrected chi connectivity index (χ0v) is 16.6. The lowest BCUT2D eigenvalue weighted by molar-refractivity contribution is -0.136. The van der Waals surface area contributed by atoms with Crippen LogP contribution in [0.5, 0.6) is 0 Å². The summed E-state index contributed by atoms with van der Waals surface area (Å²) in [6, 6.07) is 0. The molecule has 0 aromatic rings. The van der Waals surface area contributed by atoms with Gasteiger partial charge in [0.15, 0.2) is 0 Å². The lowest BCUT2D eigenvalue weighted by Crippen LogP contribution is -2.54. The molecule has 2 atom stereocenters. The van der Waals surface area contributed by atoms with Crippen LogP contribution in [0, 0.1) is 5.92 Å². The Morgan fingerprint density at radius 1 is 1.59 bits per heavy atom. The Morgan fingerprint density at radius 3 is 2.45 bits per heavy atom. The molecule has 11 heteroatoms. The van der Waals surface area contributed by atoms with Crippen molar-refractivity contribution in [3.63, 3.8) is 0 Å². The predicted octanol–water partition coefficient (Wildman–Crippen LogP) is 3.60. The molecule has 1 heterocycles. The number of hydrogen-bond donors (Lipinski definition) is 2. The summed E-state index contributed by atoms with van der Waals surface area (Å²) < 4.78 is 8.43. The summed E-state index contributed by atoms with van der Waals surface area (Å²) in [7, 11) is 0. The van der Waals surface area contributed by atoms with E-state index in [2.05, 4.69) is 34.9 Å². The molecule has 0 spiro atoms. The van der Waals surface area contributed by atoms with Crippen molar-refractivity contribution in [3.8, 4) is 0 Å². The highest BCUT2D eigenvalue weighted by atomic mass is 35.6. The molecule has 2 unspecified atom stereocenters. The van der Waals surface area contributed by atoms with E-state index >= 15 is 0 Å². The summed E-state index contributed by atoms with van der Waals surface area (Å²) in [5, 5.41) is 2.53. The average molecular weight is 429 g/mol. The molecule has 5 nitrogen and oxygen atoms in total. The monoisotopic (exact) mass is 427 g/mol. The van der Waals surface area contributed by atoms with Crippen LogP contribution in [-0.4, -0.2) is 44.4 Å². The van der Waals surface area contributed by atoms with Crippen LogP contribution in [0.3, 0.4) is 0 Å². The number of nitrogens with one attached hydrogen (secondary N) is 1. The second kappa shape index (κ2) is 11.0. The number of alkyl halides is 3. The molecule has 128 valence electrons. The fourth-order valence-electron chi connectivity index (χ4n) is 1.21. The molecule has 0 aromatic carbocycles. The number of carbonyl (C=O) groups excluding carboxylic acids is 2. The van der Waals surface area contributed by atoms with Gasteiger partial charge in [0, 0.05) is 6.54 Å². The van der Waals surface area contributed by atoms with Gasteiger partial charge in [-0.1, -0.05) is 53.9 Å². The Labute approximate surface area is 159 Å². The van der Waals surface area contributed by atoms with E-state index in [1.807, 2.05) is 6.92 Å². The molecule has 0 bridgehead atoms. The van der Waals surface area contributed by atoms with E-state index in [9.17, 15) is 9.59 Å². The van der Waals surface area contributed by atoms with E-state index in [-0.39, 0.29) is 11.8 Å². The van der Waals surface area contributed by atoms with Crippen LogP contribution in [0.1, 0.15) is 13.8 Å². The Morgan fingerprint density at radius 2 is 2.18 bits per heavy atom. The van der Waals surface area contributed by atoms with Gasteiger partial charge in [0.2, 0.25) is 9.70 Å². The Bertz CT molecular complexity index is 407. The number of halogens is 3. The summed E-state index contributed by atoms with van der Waals surface area (Å²) in [4.78, 5) is 22.1. The number of thiol groups is 1. The molecular weight excluding hydrogens is 413 g/mol. The number of β-lactam (4-membered cyclic amide) rings is 1. The molecular formula is C11H16Cl3NO4S3. The van der Waals surface area contributed by atoms with Gasteiger partial charge in [-0.15, -0.1) is 24.4 Å². The van der Waals surface area contributed by atoms with Crippen molar-refractivity contribution in [2.24, 2.45) is 5.92 Å². The van der Waals surface area contributed by atoms with Crippen LogP contribution in [0.2, 0.25) is 0 Å². The van der Waals surface area contributed by atoms with Crippen molar-refractivity contribution >= 4 is 87.0 Å². The first-order valence-electron chi connectivity index (χ1n) is 6.10.